The molecule has 26 heteroatoms. The van der Waals surface area contributed by atoms with Crippen molar-refractivity contribution >= 4 is 76.3 Å². The molecule has 768 valence electrons. The predicted molar refractivity (Wildman–Crippen MR) is 544 cm³/mol. The number of ether oxygens (including phenoxy) is 5. The van der Waals surface area contributed by atoms with Gasteiger partial charge < -0.3 is 44.1 Å². The summed E-state index contributed by atoms with van der Waals surface area (Å²) >= 11 is 23.3. The van der Waals surface area contributed by atoms with E-state index in [4.69, 9.17) is 85.8 Å². The fourth-order valence-corrected chi connectivity index (χ4v) is 12.8. The summed E-state index contributed by atoms with van der Waals surface area (Å²) in [7, 11) is 1.34. The molecule has 7 aromatic carbocycles. The molecule has 14 nitrogen and oxygen atoms in total. The molecule has 0 radical (unpaired) electrons. The van der Waals surface area contributed by atoms with Crippen LogP contribution in [0.3, 0.4) is 0 Å². The number of carbonyl (C=O) groups is 5. The lowest BCUT2D eigenvalue weighted by Crippen LogP contribution is -2.19. The summed E-state index contributed by atoms with van der Waals surface area (Å²) in [6.07, 6.45) is 6.33. The molecule has 0 saturated heterocycles. The largest absolute Gasteiger partial charge is 0.478 e. The highest BCUT2D eigenvalue weighted by Crippen LogP contribution is 2.35. The highest BCUT2D eigenvalue weighted by atomic mass is 35.5. The predicted octanol–water partition coefficient (Wildman–Crippen LogP) is 35.0. The fourth-order valence-electron chi connectivity index (χ4n) is 12.2. The van der Waals surface area contributed by atoms with E-state index < -0.39 is 110 Å². The molecular formula is C109H164Cl4F8O14. The summed E-state index contributed by atoms with van der Waals surface area (Å²) in [6.45, 7) is 80.5. The maximum Gasteiger partial charge on any atom is 0.341 e. The molecule has 0 aliphatic carbocycles. The first-order chi connectivity index (χ1) is 61.7. The molecular weight excluding hydrogens is 1830 g/mol. The van der Waals surface area contributed by atoms with E-state index in [2.05, 4.69) is 226 Å². The average Bonchev–Trinajstić information content (AvgIpc) is 0.778. The Kier molecular flexibility index (Phi) is 68.8. The number of rotatable bonds is 24. The standard InChI is InChI=1S/C11H12Cl2O2.C10H10Cl2O2.2C10H8F4O2.C10H12O2.2C10H14.3C8H18O.C8H18.C6H14O/c1-6(2)7-4-9(12)10(13)5-8(7)11(14)15-3;1-5(2)6-3-8(11)9(12)4-7(6)10(13)14;1-3(2)4-6(11)5(10(15)16)8(13)9(14)7(4)12;1-3(2)4-5(10(15)16)7(12)9(14)8(13)6(4)11;1-7(2)8-4-3-5-9(6-8)10(11)12;1-8(2)10-6-4-9(3)5-7-10;1-8(2)10-7-5-4-6-9(10)3;1-7(2)9-6-8(3,4)5;1-6(2)8(5)9-7(3)4;1-5-8(6-2)9-7(3)4;1-7(2)6-8(3,4)5;1-5(2)7-6(3)4/h4-6H,1-3H3;3-5H,1-2H3,(H,13,14);2*3H,1-2H3,(H,15,16);3-7H,1-2H3,(H,11,12);2*4-8H,1-3H3;7H,6H2,1-5H3;6-8H,1-5H3;7-8H,5-6H2,1-4H3;7H,6H2,1-5H3;5-6H,1-4H3. The Hall–Kier alpha value is -7.67. The summed E-state index contributed by atoms with van der Waals surface area (Å²) < 4.78 is 131. The van der Waals surface area contributed by atoms with Crippen LogP contribution in [-0.4, -0.2) is 107 Å². The van der Waals surface area contributed by atoms with Crippen molar-refractivity contribution in [1.82, 2.24) is 0 Å². The van der Waals surface area contributed by atoms with Gasteiger partial charge in [-0.1, -0.05) is 293 Å². The third-order valence-corrected chi connectivity index (χ3v) is 20.3. The van der Waals surface area contributed by atoms with Crippen LogP contribution in [0, 0.1) is 83.1 Å². The Balaban J connectivity index is -0.000000459. The lowest BCUT2D eigenvalue weighted by Gasteiger charge is -2.19. The highest BCUT2D eigenvalue weighted by Gasteiger charge is 2.32. The zero-order valence-electron chi connectivity index (χ0n) is 88.2. The van der Waals surface area contributed by atoms with Crippen LogP contribution in [0.2, 0.25) is 20.1 Å². The minimum absolute atomic E-state index is 0.107. The number of hydrogen-bond donors (Lipinski definition) is 4. The molecule has 0 bridgehead atoms. The van der Waals surface area contributed by atoms with Gasteiger partial charge in [-0.15, -0.1) is 0 Å². The minimum Gasteiger partial charge on any atom is -0.478 e. The summed E-state index contributed by atoms with van der Waals surface area (Å²) in [5, 5.41) is 36.2. The molecule has 135 heavy (non-hydrogen) atoms. The SMILES string of the molecule is CC(C)CC(C)(C)C.CC(C)OC(C)C.CC(C)OC(C)C(C)C.CC(C)OCC(C)(C)C.CC(C)c1c(F)c(F)c(F)c(C(=O)O)c1F.CC(C)c1c(F)c(F)c(F)c(F)c1C(=O)O.CC(C)c1cc(Cl)c(Cl)cc1C(=O)O.CC(C)c1cccc(C(=O)O)c1.CCC(CC)OC(C)C.COC(=O)c1cc(Cl)c(Cl)cc1C(C)C.Cc1ccc(C(C)C)cc1.Cc1ccccc1C(C)C. The number of aromatic carboxylic acids is 4. The van der Waals surface area contributed by atoms with Crippen molar-refractivity contribution in [2.45, 2.75) is 373 Å². The van der Waals surface area contributed by atoms with Crippen molar-refractivity contribution in [3.63, 3.8) is 0 Å². The first kappa shape index (κ1) is 136. The van der Waals surface area contributed by atoms with Crippen molar-refractivity contribution in [2.24, 2.45) is 22.7 Å². The van der Waals surface area contributed by atoms with E-state index in [1.54, 1.807) is 36.4 Å². The van der Waals surface area contributed by atoms with E-state index in [1.165, 1.54) is 69.5 Å². The molecule has 0 fully saturated rings. The molecule has 0 amide bonds. The number of carboxylic acids is 4. The fraction of sp³-hybridized carbons (Fsp3) is 0.569. The molecule has 0 spiro atoms. The molecule has 1 atom stereocenters. The van der Waals surface area contributed by atoms with Gasteiger partial charge in [-0.3, -0.25) is 0 Å². The van der Waals surface area contributed by atoms with Crippen LogP contribution in [0.25, 0.3) is 0 Å². The Morgan fingerprint density at radius 3 is 1.04 bits per heavy atom. The zero-order chi connectivity index (χ0) is 107. The van der Waals surface area contributed by atoms with Crippen LogP contribution in [0.15, 0.2) is 97.1 Å². The first-order valence-electron chi connectivity index (χ1n) is 46.2. The van der Waals surface area contributed by atoms with Gasteiger partial charge in [0.1, 0.15) is 16.9 Å². The molecule has 0 aromatic heterocycles. The monoisotopic (exact) mass is 1990 g/mol. The van der Waals surface area contributed by atoms with Gasteiger partial charge in [-0.25, -0.2) is 59.1 Å². The van der Waals surface area contributed by atoms with Gasteiger partial charge >= 0.3 is 29.8 Å². The van der Waals surface area contributed by atoms with E-state index in [1.807, 2.05) is 75.3 Å². The van der Waals surface area contributed by atoms with Gasteiger partial charge in [0, 0.05) is 11.1 Å². The number of methoxy groups -OCH3 is 1. The van der Waals surface area contributed by atoms with Crippen LogP contribution in [0.1, 0.15) is 419 Å². The van der Waals surface area contributed by atoms with Crippen LogP contribution in [0.5, 0.6) is 0 Å². The van der Waals surface area contributed by atoms with Gasteiger partial charge in [0.05, 0.1) is 93.2 Å². The van der Waals surface area contributed by atoms with Crippen LogP contribution in [0.4, 0.5) is 35.1 Å². The lowest BCUT2D eigenvalue weighted by molar-refractivity contribution is -0.00644. The number of halogens is 12. The van der Waals surface area contributed by atoms with Crippen molar-refractivity contribution < 1.29 is 103 Å². The highest BCUT2D eigenvalue weighted by molar-refractivity contribution is 6.42. The smallest absolute Gasteiger partial charge is 0.341 e. The van der Waals surface area contributed by atoms with Gasteiger partial charge in [-0.05, 0) is 243 Å². The van der Waals surface area contributed by atoms with E-state index >= 15 is 0 Å². The number of aryl methyl sites for hydroxylation is 2. The third kappa shape index (κ3) is 57.5. The van der Waals surface area contributed by atoms with Gasteiger partial charge in [0.15, 0.2) is 40.7 Å². The maximum absolute atomic E-state index is 13.4. The van der Waals surface area contributed by atoms with Gasteiger partial charge in [0.25, 0.3) is 0 Å². The summed E-state index contributed by atoms with van der Waals surface area (Å²) in [5.74, 6) is -19.1. The number of carboxylic acid groups (broad SMARTS) is 4. The van der Waals surface area contributed by atoms with E-state index in [9.17, 15) is 59.1 Å². The molecule has 0 saturated carbocycles. The molecule has 4 N–H and O–H groups in total. The first-order valence-corrected chi connectivity index (χ1v) is 47.7. The van der Waals surface area contributed by atoms with Crippen molar-refractivity contribution in [3.05, 3.63) is 242 Å². The maximum atomic E-state index is 13.4. The average molecular weight is 1990 g/mol. The Morgan fingerprint density at radius 1 is 0.363 bits per heavy atom. The molecule has 0 heterocycles. The van der Waals surface area contributed by atoms with Crippen LogP contribution in [-0.2, 0) is 23.7 Å². The zero-order valence-corrected chi connectivity index (χ0v) is 91.2. The van der Waals surface area contributed by atoms with E-state index in [-0.39, 0.29) is 22.4 Å². The van der Waals surface area contributed by atoms with Crippen LogP contribution >= 0.6 is 46.4 Å². The second-order valence-corrected chi connectivity index (χ2v) is 40.7. The second-order valence-electron chi connectivity index (χ2n) is 39.1. The van der Waals surface area contributed by atoms with Crippen molar-refractivity contribution in [1.29, 1.82) is 0 Å². The Morgan fingerprint density at radius 2 is 0.748 bits per heavy atom. The lowest BCUT2D eigenvalue weighted by atomic mass is 9.86. The second kappa shape index (κ2) is 68.4. The van der Waals surface area contributed by atoms with Gasteiger partial charge in [0.2, 0.25) is 0 Å². The van der Waals surface area contributed by atoms with E-state index in [0.717, 1.165) is 36.5 Å². The number of carbonyl (C=O) groups excluding carboxylic acids is 1. The normalized spacial score (nSPS) is 11.3. The van der Waals surface area contributed by atoms with Crippen molar-refractivity contribution in [3.8, 4) is 0 Å². The van der Waals surface area contributed by atoms with Crippen LogP contribution < -0.4 is 0 Å². The molecule has 1 unspecified atom stereocenters. The summed E-state index contributed by atoms with van der Waals surface area (Å²) in [5.41, 5.74) is 6.04. The molecule has 0 aliphatic rings. The third-order valence-electron chi connectivity index (χ3n) is 18.8. The van der Waals surface area contributed by atoms with E-state index in [0.29, 0.717) is 109 Å². The molecule has 7 rings (SSSR count). The minimum atomic E-state index is -2.11. The molecule has 0 aliphatic heterocycles. The molecule has 7 aromatic rings. The Bertz CT molecular complexity index is 4590. The van der Waals surface area contributed by atoms with Gasteiger partial charge in [-0.2, -0.15) is 0 Å². The topological polar surface area (TPSA) is 212 Å². The summed E-state index contributed by atoms with van der Waals surface area (Å²) in [6, 6.07) is 30.5. The number of esters is 1. The summed E-state index contributed by atoms with van der Waals surface area (Å²) in [4.78, 5) is 54.1. The van der Waals surface area contributed by atoms with Crippen molar-refractivity contribution in [2.75, 3.05) is 13.7 Å². The quantitative estimate of drug-likeness (QED) is 0.0192. The number of hydrogen-bond acceptors (Lipinski definition) is 10. The number of benzene rings is 7. The Labute approximate surface area is 825 Å².